The average molecular weight is 340 g/mol. The number of hydrogen-bond acceptors (Lipinski definition) is 6. The van der Waals surface area contributed by atoms with Gasteiger partial charge in [-0.15, -0.1) is 0 Å². The number of aromatic amines is 1. The minimum atomic E-state index is -1.09. The summed E-state index contributed by atoms with van der Waals surface area (Å²) in [4.78, 5) is 22.0. The first-order chi connectivity index (χ1) is 11.0. The highest BCUT2D eigenvalue weighted by Gasteiger charge is 2.09. The number of methoxy groups -OCH3 is 1. The zero-order chi connectivity index (χ0) is 16.8. The maximum atomic E-state index is 11.4. The van der Waals surface area contributed by atoms with E-state index >= 15 is 0 Å². The number of carboxylic acids is 1. The summed E-state index contributed by atoms with van der Waals surface area (Å²) in [5, 5.41) is 17.5. The summed E-state index contributed by atoms with van der Waals surface area (Å²) in [5.41, 5.74) is 0.679. The van der Waals surface area contributed by atoms with Gasteiger partial charge < -0.3 is 19.9 Å². The van der Waals surface area contributed by atoms with E-state index in [2.05, 4.69) is 15.5 Å². The van der Waals surface area contributed by atoms with Crippen LogP contribution in [0.1, 0.15) is 5.56 Å². The number of aromatic nitrogens is 2. The molecule has 1 aromatic carbocycles. The van der Waals surface area contributed by atoms with Gasteiger partial charge in [0.05, 0.1) is 19.0 Å². The van der Waals surface area contributed by atoms with E-state index in [4.69, 9.17) is 26.2 Å². The van der Waals surface area contributed by atoms with Crippen LogP contribution in [0.2, 0.25) is 5.02 Å². The average Bonchev–Trinajstić information content (AvgIpc) is 2.54. The van der Waals surface area contributed by atoms with E-state index in [0.29, 0.717) is 23.7 Å². The van der Waals surface area contributed by atoms with Crippen molar-refractivity contribution in [2.45, 2.75) is 6.54 Å². The van der Waals surface area contributed by atoms with E-state index in [-0.39, 0.29) is 5.02 Å². The number of benzene rings is 1. The van der Waals surface area contributed by atoms with Gasteiger partial charge in [-0.25, -0.2) is 9.89 Å². The summed E-state index contributed by atoms with van der Waals surface area (Å²) in [5.74, 6) is -0.355. The molecule has 0 saturated heterocycles. The van der Waals surface area contributed by atoms with Crippen molar-refractivity contribution >= 4 is 23.3 Å². The third kappa shape index (κ3) is 4.36. The monoisotopic (exact) mass is 339 g/mol. The molecule has 0 unspecified atom stereocenters. The molecule has 0 aliphatic heterocycles. The third-order valence-corrected chi connectivity index (χ3v) is 3.23. The van der Waals surface area contributed by atoms with Crippen molar-refractivity contribution in [2.75, 3.05) is 19.0 Å². The lowest BCUT2D eigenvalue weighted by atomic mass is 10.2. The maximum absolute atomic E-state index is 11.4. The van der Waals surface area contributed by atoms with E-state index in [0.717, 1.165) is 5.56 Å². The van der Waals surface area contributed by atoms with Crippen molar-refractivity contribution in [3.63, 3.8) is 0 Å². The third-order valence-electron chi connectivity index (χ3n) is 2.86. The van der Waals surface area contributed by atoms with Gasteiger partial charge in [0.25, 0.3) is 5.56 Å². The van der Waals surface area contributed by atoms with Crippen molar-refractivity contribution in [1.82, 2.24) is 10.2 Å². The standard InChI is InChI=1S/C14H14ClN3O5/c1-22-10-3-2-8(4-11(10)23-7-12(19)20)5-16-9-6-17-18-14(21)13(9)15/h2-4,6H,5,7H2,1H3,(H,19,20)(H2,16,18,21). The lowest BCUT2D eigenvalue weighted by Crippen LogP contribution is -2.12. The highest BCUT2D eigenvalue weighted by molar-refractivity contribution is 6.32. The number of aliphatic carboxylic acids is 1. The molecule has 0 amide bonds. The van der Waals surface area contributed by atoms with Crippen LogP contribution >= 0.6 is 11.6 Å². The molecular formula is C14H14ClN3O5. The van der Waals surface area contributed by atoms with Gasteiger partial charge in [-0.1, -0.05) is 17.7 Å². The number of H-pyrrole nitrogens is 1. The Hall–Kier alpha value is -2.74. The van der Waals surface area contributed by atoms with Crippen LogP contribution in [0.15, 0.2) is 29.2 Å². The molecule has 1 aromatic heterocycles. The maximum Gasteiger partial charge on any atom is 0.341 e. The van der Waals surface area contributed by atoms with Gasteiger partial charge in [0.2, 0.25) is 0 Å². The molecule has 3 N–H and O–H groups in total. The minimum Gasteiger partial charge on any atom is -0.493 e. The van der Waals surface area contributed by atoms with Gasteiger partial charge in [-0.2, -0.15) is 5.10 Å². The van der Waals surface area contributed by atoms with Crippen molar-refractivity contribution in [3.8, 4) is 11.5 Å². The summed E-state index contributed by atoms with van der Waals surface area (Å²) in [7, 11) is 1.46. The summed E-state index contributed by atoms with van der Waals surface area (Å²) in [6, 6.07) is 5.07. The topological polar surface area (TPSA) is 114 Å². The number of carboxylic acid groups (broad SMARTS) is 1. The second-order valence-electron chi connectivity index (χ2n) is 4.45. The predicted molar refractivity (Wildman–Crippen MR) is 83.3 cm³/mol. The molecule has 0 spiro atoms. The van der Waals surface area contributed by atoms with E-state index in [1.54, 1.807) is 18.2 Å². The molecular weight excluding hydrogens is 326 g/mol. The second-order valence-corrected chi connectivity index (χ2v) is 4.83. The van der Waals surface area contributed by atoms with Crippen LogP contribution in [0.3, 0.4) is 0 Å². The van der Waals surface area contributed by atoms with Gasteiger partial charge >= 0.3 is 5.97 Å². The summed E-state index contributed by atoms with van der Waals surface area (Å²) in [6.07, 6.45) is 1.40. The Bertz CT molecular complexity index is 762. The number of carbonyl (C=O) groups is 1. The molecule has 23 heavy (non-hydrogen) atoms. The minimum absolute atomic E-state index is 0.0101. The lowest BCUT2D eigenvalue weighted by molar-refractivity contribution is -0.139. The Morgan fingerprint density at radius 3 is 2.91 bits per heavy atom. The number of halogens is 1. The second kappa shape index (κ2) is 7.50. The summed E-state index contributed by atoms with van der Waals surface area (Å²) in [6.45, 7) is -0.144. The molecule has 0 radical (unpaired) electrons. The van der Waals surface area contributed by atoms with Crippen LogP contribution in [0.5, 0.6) is 11.5 Å². The van der Waals surface area contributed by atoms with E-state index < -0.39 is 18.1 Å². The van der Waals surface area contributed by atoms with Gasteiger partial charge in [0, 0.05) is 6.54 Å². The molecule has 0 aliphatic rings. The zero-order valence-electron chi connectivity index (χ0n) is 12.1. The zero-order valence-corrected chi connectivity index (χ0v) is 12.9. The van der Waals surface area contributed by atoms with Crippen molar-refractivity contribution in [3.05, 3.63) is 45.3 Å². The van der Waals surface area contributed by atoms with Crippen LogP contribution in [0.25, 0.3) is 0 Å². The quantitative estimate of drug-likeness (QED) is 0.700. The predicted octanol–water partition coefficient (Wildman–Crippen LogP) is 1.51. The van der Waals surface area contributed by atoms with Crippen LogP contribution in [-0.2, 0) is 11.3 Å². The fourth-order valence-electron chi connectivity index (χ4n) is 1.79. The van der Waals surface area contributed by atoms with Gasteiger partial charge in [0.1, 0.15) is 5.02 Å². The summed E-state index contributed by atoms with van der Waals surface area (Å²) < 4.78 is 10.3. The molecule has 8 nitrogen and oxygen atoms in total. The first-order valence-corrected chi connectivity index (χ1v) is 6.87. The van der Waals surface area contributed by atoms with Gasteiger partial charge in [0.15, 0.2) is 18.1 Å². The molecule has 9 heteroatoms. The van der Waals surface area contributed by atoms with E-state index in [9.17, 15) is 9.59 Å². The molecule has 2 aromatic rings. The van der Waals surface area contributed by atoms with Gasteiger partial charge in [-0.3, -0.25) is 4.79 Å². The van der Waals surface area contributed by atoms with Crippen molar-refractivity contribution in [1.29, 1.82) is 0 Å². The smallest absolute Gasteiger partial charge is 0.341 e. The van der Waals surface area contributed by atoms with Crippen LogP contribution < -0.4 is 20.3 Å². The number of anilines is 1. The Balaban J connectivity index is 2.13. The molecule has 1 heterocycles. The SMILES string of the molecule is COc1ccc(CNc2cn[nH]c(=O)c2Cl)cc1OCC(=O)O. The van der Waals surface area contributed by atoms with Crippen molar-refractivity contribution < 1.29 is 19.4 Å². The van der Waals surface area contributed by atoms with Crippen LogP contribution in [-0.4, -0.2) is 35.0 Å². The number of ether oxygens (including phenoxy) is 2. The molecule has 0 fully saturated rings. The Morgan fingerprint density at radius 2 is 2.22 bits per heavy atom. The fraction of sp³-hybridized carbons (Fsp3) is 0.214. The van der Waals surface area contributed by atoms with Crippen LogP contribution in [0.4, 0.5) is 5.69 Å². The number of rotatable bonds is 7. The normalized spacial score (nSPS) is 10.2. The number of hydrogen-bond donors (Lipinski definition) is 3. The first-order valence-electron chi connectivity index (χ1n) is 6.50. The Labute approximate surface area is 136 Å². The Kier molecular flexibility index (Phi) is 5.42. The molecule has 0 aliphatic carbocycles. The highest BCUT2D eigenvalue weighted by atomic mass is 35.5. The molecule has 2 rings (SSSR count). The van der Waals surface area contributed by atoms with E-state index in [1.807, 2.05) is 0 Å². The van der Waals surface area contributed by atoms with Gasteiger partial charge in [-0.05, 0) is 17.7 Å². The highest BCUT2D eigenvalue weighted by Crippen LogP contribution is 2.28. The number of nitrogens with one attached hydrogen (secondary N) is 2. The molecule has 122 valence electrons. The summed E-state index contributed by atoms with van der Waals surface area (Å²) >= 11 is 5.87. The van der Waals surface area contributed by atoms with Crippen LogP contribution in [0, 0.1) is 0 Å². The molecule has 0 atom stereocenters. The van der Waals surface area contributed by atoms with E-state index in [1.165, 1.54) is 13.3 Å². The molecule has 0 saturated carbocycles. The number of nitrogens with zero attached hydrogens (tertiary/aromatic N) is 1. The first kappa shape index (κ1) is 16.6. The fourth-order valence-corrected chi connectivity index (χ4v) is 1.95. The molecule has 0 bridgehead atoms. The Morgan fingerprint density at radius 1 is 1.43 bits per heavy atom. The van der Waals surface area contributed by atoms with Crippen molar-refractivity contribution in [2.24, 2.45) is 0 Å². The lowest BCUT2D eigenvalue weighted by Gasteiger charge is -2.12. The largest absolute Gasteiger partial charge is 0.493 e.